The molecule has 0 N–H and O–H groups in total. The zero-order valence-electron chi connectivity index (χ0n) is 10.7. The van der Waals surface area contributed by atoms with Crippen molar-refractivity contribution < 1.29 is 4.79 Å². The average molecular weight is 335 g/mol. The highest BCUT2D eigenvalue weighted by Gasteiger charge is 2.15. The molecule has 0 aliphatic rings. The largest absolute Gasteiger partial charge is 0.300 e. The number of hydrogen-bond acceptors (Lipinski definition) is 2. The lowest BCUT2D eigenvalue weighted by Crippen LogP contribution is -2.00. The summed E-state index contributed by atoms with van der Waals surface area (Å²) in [6, 6.07) is 18.4. The second-order valence-electron chi connectivity index (χ2n) is 4.38. The minimum atomic E-state index is 0.174. The Morgan fingerprint density at radius 1 is 1.11 bits per heavy atom. The Morgan fingerprint density at radius 3 is 2.32 bits per heavy atom. The van der Waals surface area contributed by atoms with Crippen molar-refractivity contribution in [2.75, 3.05) is 0 Å². The maximum Gasteiger partial charge on any atom is 0.131 e. The first-order valence-electron chi connectivity index (χ1n) is 6.12. The molecule has 1 unspecified atom stereocenters. The second-order valence-corrected chi connectivity index (χ2v) is 6.57. The molecule has 0 saturated heterocycles. The van der Waals surface area contributed by atoms with Crippen LogP contribution in [0.4, 0.5) is 0 Å². The molecule has 0 heterocycles. The predicted octanol–water partition coefficient (Wildman–Crippen LogP) is 5.26. The fraction of sp³-hybridized carbons (Fsp3) is 0.188. The highest BCUT2D eigenvalue weighted by atomic mass is 79.9. The molecule has 0 radical (unpaired) electrons. The highest BCUT2D eigenvalue weighted by Crippen LogP contribution is 2.38. The minimum Gasteiger partial charge on any atom is -0.300 e. The summed E-state index contributed by atoms with van der Waals surface area (Å²) >= 11 is 5.18. The Kier molecular flexibility index (Phi) is 5.23. The van der Waals surface area contributed by atoms with Gasteiger partial charge in [-0.05, 0) is 36.8 Å². The van der Waals surface area contributed by atoms with Crippen LogP contribution in [0.1, 0.15) is 24.2 Å². The summed E-state index contributed by atoms with van der Waals surface area (Å²) in [6.07, 6.45) is 0.557. The summed E-state index contributed by atoms with van der Waals surface area (Å²) in [5.41, 5.74) is 1.19. The average Bonchev–Trinajstić information content (AvgIpc) is 2.39. The van der Waals surface area contributed by atoms with Crippen LogP contribution in [-0.4, -0.2) is 5.78 Å². The van der Waals surface area contributed by atoms with Crippen LogP contribution in [0.3, 0.4) is 0 Å². The van der Waals surface area contributed by atoms with Gasteiger partial charge in [-0.2, -0.15) is 0 Å². The minimum absolute atomic E-state index is 0.174. The van der Waals surface area contributed by atoms with E-state index in [0.717, 1.165) is 4.47 Å². The summed E-state index contributed by atoms with van der Waals surface area (Å²) in [5.74, 6) is 0.219. The van der Waals surface area contributed by atoms with E-state index < -0.39 is 0 Å². The Hall–Kier alpha value is -1.06. The lowest BCUT2D eigenvalue weighted by Gasteiger charge is -2.15. The van der Waals surface area contributed by atoms with E-state index in [-0.39, 0.29) is 11.0 Å². The zero-order chi connectivity index (χ0) is 13.7. The van der Waals surface area contributed by atoms with Crippen molar-refractivity contribution in [2.24, 2.45) is 0 Å². The lowest BCUT2D eigenvalue weighted by atomic mass is 10.1. The molecule has 98 valence electrons. The molecule has 0 spiro atoms. The fourth-order valence-electron chi connectivity index (χ4n) is 1.83. The quantitative estimate of drug-likeness (QED) is 0.693. The molecule has 19 heavy (non-hydrogen) atoms. The van der Waals surface area contributed by atoms with Crippen molar-refractivity contribution in [3.8, 4) is 0 Å². The molecular weight excluding hydrogens is 320 g/mol. The van der Waals surface area contributed by atoms with Crippen molar-refractivity contribution in [3.63, 3.8) is 0 Å². The smallest absolute Gasteiger partial charge is 0.131 e. The number of rotatable bonds is 5. The molecule has 0 saturated carbocycles. The van der Waals surface area contributed by atoms with E-state index in [0.29, 0.717) is 6.42 Å². The molecule has 1 nitrogen and oxygen atoms in total. The Bertz CT molecular complexity index is 536. The van der Waals surface area contributed by atoms with E-state index in [2.05, 4.69) is 40.2 Å². The fourth-order valence-corrected chi connectivity index (χ4v) is 3.35. The van der Waals surface area contributed by atoms with Crippen LogP contribution in [0.2, 0.25) is 0 Å². The number of halogens is 1. The maximum absolute atomic E-state index is 11.5. The zero-order valence-corrected chi connectivity index (χ0v) is 13.1. The van der Waals surface area contributed by atoms with Gasteiger partial charge in [0.1, 0.15) is 5.78 Å². The van der Waals surface area contributed by atoms with Gasteiger partial charge in [0, 0.05) is 21.0 Å². The third-order valence-corrected chi connectivity index (χ3v) is 4.53. The van der Waals surface area contributed by atoms with Gasteiger partial charge in [0.05, 0.1) is 0 Å². The van der Waals surface area contributed by atoms with Crippen molar-refractivity contribution in [2.45, 2.75) is 23.5 Å². The van der Waals surface area contributed by atoms with Gasteiger partial charge >= 0.3 is 0 Å². The van der Waals surface area contributed by atoms with Crippen molar-refractivity contribution in [3.05, 3.63) is 64.6 Å². The molecule has 0 amide bonds. The van der Waals surface area contributed by atoms with Gasteiger partial charge in [-0.15, -0.1) is 11.8 Å². The Balaban J connectivity index is 2.20. The first-order valence-corrected chi connectivity index (χ1v) is 7.79. The highest BCUT2D eigenvalue weighted by molar-refractivity contribution is 9.10. The maximum atomic E-state index is 11.5. The molecular formula is C16H15BrOS. The van der Waals surface area contributed by atoms with Gasteiger partial charge in [-0.25, -0.2) is 0 Å². The van der Waals surface area contributed by atoms with Crippen LogP contribution >= 0.6 is 27.7 Å². The molecule has 2 aromatic rings. The monoisotopic (exact) mass is 334 g/mol. The number of Topliss-reactive ketones (excluding diaryl/α,β-unsaturated/α-hetero) is 1. The van der Waals surface area contributed by atoms with E-state index in [1.54, 1.807) is 18.7 Å². The first-order chi connectivity index (χ1) is 9.15. The molecule has 0 aliphatic heterocycles. The van der Waals surface area contributed by atoms with Crippen molar-refractivity contribution in [1.82, 2.24) is 0 Å². The van der Waals surface area contributed by atoms with E-state index in [1.807, 2.05) is 30.3 Å². The summed E-state index contributed by atoms with van der Waals surface area (Å²) in [7, 11) is 0. The molecule has 2 aromatic carbocycles. The number of thioether (sulfide) groups is 1. The molecule has 0 aliphatic carbocycles. The SMILES string of the molecule is CC(=O)CC(Sc1ccccc1)c1ccc(Br)cc1. The van der Waals surface area contributed by atoms with Gasteiger partial charge in [0.25, 0.3) is 0 Å². The predicted molar refractivity (Wildman–Crippen MR) is 84.5 cm³/mol. The van der Waals surface area contributed by atoms with Gasteiger partial charge in [0.15, 0.2) is 0 Å². The first kappa shape index (κ1) is 14.4. The van der Waals surface area contributed by atoms with Crippen molar-refractivity contribution >= 4 is 33.5 Å². The molecule has 3 heteroatoms. The molecule has 0 fully saturated rings. The number of benzene rings is 2. The van der Waals surface area contributed by atoms with Crippen LogP contribution in [-0.2, 0) is 4.79 Å². The third-order valence-electron chi connectivity index (χ3n) is 2.74. The van der Waals surface area contributed by atoms with Gasteiger partial charge in [-0.3, -0.25) is 4.79 Å². The van der Waals surface area contributed by atoms with E-state index >= 15 is 0 Å². The lowest BCUT2D eigenvalue weighted by molar-refractivity contribution is -0.117. The molecule has 0 bridgehead atoms. The van der Waals surface area contributed by atoms with Crippen LogP contribution in [0.25, 0.3) is 0 Å². The summed E-state index contributed by atoms with van der Waals surface area (Å²) in [6.45, 7) is 1.65. The van der Waals surface area contributed by atoms with E-state index in [1.165, 1.54) is 10.5 Å². The summed E-state index contributed by atoms with van der Waals surface area (Å²) < 4.78 is 1.06. The second kappa shape index (κ2) is 6.92. The van der Waals surface area contributed by atoms with Crippen LogP contribution in [0, 0.1) is 0 Å². The number of ketones is 1. The molecule has 1 atom stereocenters. The molecule has 0 aromatic heterocycles. The number of carbonyl (C=O) groups is 1. The summed E-state index contributed by atoms with van der Waals surface area (Å²) in [5, 5.41) is 0.174. The van der Waals surface area contributed by atoms with Gasteiger partial charge < -0.3 is 0 Å². The van der Waals surface area contributed by atoms with Gasteiger partial charge in [-0.1, -0.05) is 46.3 Å². The van der Waals surface area contributed by atoms with E-state index in [4.69, 9.17) is 0 Å². The Morgan fingerprint density at radius 2 is 1.74 bits per heavy atom. The van der Waals surface area contributed by atoms with Crippen LogP contribution in [0.15, 0.2) is 64.0 Å². The van der Waals surface area contributed by atoms with Crippen LogP contribution < -0.4 is 0 Å². The van der Waals surface area contributed by atoms with Crippen molar-refractivity contribution in [1.29, 1.82) is 0 Å². The molecule has 2 rings (SSSR count). The van der Waals surface area contributed by atoms with Crippen LogP contribution in [0.5, 0.6) is 0 Å². The Labute approximate surface area is 126 Å². The normalized spacial score (nSPS) is 12.1. The number of hydrogen-bond donors (Lipinski definition) is 0. The third kappa shape index (κ3) is 4.51. The summed E-state index contributed by atoms with van der Waals surface area (Å²) in [4.78, 5) is 12.7. The van der Waals surface area contributed by atoms with Gasteiger partial charge in [0.2, 0.25) is 0 Å². The standard InChI is InChI=1S/C16H15BrOS/c1-12(18)11-16(13-7-9-14(17)10-8-13)19-15-5-3-2-4-6-15/h2-10,16H,11H2,1H3. The van der Waals surface area contributed by atoms with E-state index in [9.17, 15) is 4.79 Å². The number of carbonyl (C=O) groups excluding carboxylic acids is 1. The topological polar surface area (TPSA) is 17.1 Å².